The van der Waals surface area contributed by atoms with Crippen LogP contribution in [-0.4, -0.2) is 31.9 Å². The molecule has 0 radical (unpaired) electrons. The lowest BCUT2D eigenvalue weighted by Gasteiger charge is -2.21. The quantitative estimate of drug-likeness (QED) is 0.338. The average Bonchev–Trinajstić information content (AvgIpc) is 3.38. The summed E-state index contributed by atoms with van der Waals surface area (Å²) in [6, 6.07) is 6.67. The van der Waals surface area contributed by atoms with Crippen LogP contribution in [0.1, 0.15) is 18.4 Å². The van der Waals surface area contributed by atoms with Crippen LogP contribution < -0.4 is 5.32 Å². The number of hydrogen-bond donors (Lipinski definition) is 1. The first-order chi connectivity index (χ1) is 13.8. The van der Waals surface area contributed by atoms with Gasteiger partial charge in [-0.25, -0.2) is 4.79 Å². The number of rotatable bonds is 5. The fraction of sp³-hybridized carbons (Fsp3) is 0.176. The summed E-state index contributed by atoms with van der Waals surface area (Å²) in [6.07, 6.45) is 0. The second kappa shape index (κ2) is 7.04. The van der Waals surface area contributed by atoms with E-state index >= 15 is 0 Å². The van der Waals surface area contributed by atoms with Gasteiger partial charge in [-0.3, -0.25) is 19.8 Å². The highest BCUT2D eigenvalue weighted by atomic mass is 79.9. The highest BCUT2D eigenvalue weighted by molar-refractivity contribution is 9.10. The largest absolute Gasteiger partial charge is 0.337 e. The molecule has 3 heterocycles. The third-order valence-electron chi connectivity index (χ3n) is 4.48. The highest BCUT2D eigenvalue weighted by Gasteiger charge is 2.49. The van der Waals surface area contributed by atoms with E-state index in [0.717, 1.165) is 14.2 Å². The Kier molecular flexibility index (Phi) is 4.67. The Balaban J connectivity index is 1.55. The minimum Gasteiger partial charge on any atom is -0.337 e. The molecule has 3 aromatic rings. The van der Waals surface area contributed by atoms with Crippen molar-refractivity contribution in [3.05, 3.63) is 61.8 Å². The second-order valence-corrected chi connectivity index (χ2v) is 8.22. The molecule has 1 aromatic carbocycles. The molecule has 1 atom stereocenters. The third kappa shape index (κ3) is 3.40. The molecule has 1 aliphatic heterocycles. The number of hydrogen-bond acceptors (Lipinski definition) is 8. The molecule has 148 valence electrons. The summed E-state index contributed by atoms with van der Waals surface area (Å²) in [5, 5.41) is 19.2. The summed E-state index contributed by atoms with van der Waals surface area (Å²) < 4.78 is 6.07. The number of carbonyl (C=O) groups is 2. The Labute approximate surface area is 175 Å². The highest BCUT2D eigenvalue weighted by Crippen LogP contribution is 2.31. The molecule has 0 spiro atoms. The number of non-ortho nitro benzene ring substituents is 1. The molecule has 0 bridgehead atoms. The summed E-state index contributed by atoms with van der Waals surface area (Å²) in [7, 11) is 0. The Morgan fingerprint density at radius 3 is 2.69 bits per heavy atom. The number of aromatic nitrogens is 2. The number of nitro benzene ring substituents is 1. The number of nitrogens with zero attached hydrogens (tertiary/aromatic N) is 4. The van der Waals surface area contributed by atoms with Crippen LogP contribution in [-0.2, 0) is 16.9 Å². The van der Waals surface area contributed by atoms with Crippen LogP contribution in [0.5, 0.6) is 0 Å². The number of nitro groups is 1. The van der Waals surface area contributed by atoms with Crippen molar-refractivity contribution in [2.24, 2.45) is 0 Å². The molecule has 1 N–H and O–H groups in total. The normalized spacial score (nSPS) is 18.9. The number of thiophene rings is 1. The number of carbonyl (C=O) groups excluding carboxylic acids is 2. The van der Waals surface area contributed by atoms with Crippen molar-refractivity contribution < 1.29 is 19.0 Å². The smallest absolute Gasteiger partial charge is 0.325 e. The van der Waals surface area contributed by atoms with Gasteiger partial charge < -0.3 is 9.84 Å². The molecule has 12 heteroatoms. The topological polar surface area (TPSA) is 131 Å². The van der Waals surface area contributed by atoms with Gasteiger partial charge in [0.1, 0.15) is 12.1 Å². The first-order valence-electron chi connectivity index (χ1n) is 8.24. The standard InChI is InChI=1S/C17H12BrN5O5S/c1-17(9-2-4-11(5-3-9)23(26)27)15(24)22(16(25)20-17)7-13-19-14(21-28-13)12-6-10(18)8-29-12/h2-6,8H,7H2,1H3,(H,20,25). The number of imide groups is 1. The van der Waals surface area contributed by atoms with Crippen LogP contribution in [0.15, 0.2) is 44.7 Å². The van der Waals surface area contributed by atoms with Gasteiger partial charge in [0.05, 0.1) is 9.80 Å². The van der Waals surface area contributed by atoms with Gasteiger partial charge in [-0.05, 0) is 46.6 Å². The van der Waals surface area contributed by atoms with Crippen LogP contribution in [0.2, 0.25) is 0 Å². The maximum absolute atomic E-state index is 13.0. The van der Waals surface area contributed by atoms with Crippen molar-refractivity contribution in [1.82, 2.24) is 20.4 Å². The molecule has 1 aliphatic rings. The van der Waals surface area contributed by atoms with Gasteiger partial charge in [0.15, 0.2) is 0 Å². The molecule has 2 aromatic heterocycles. The van der Waals surface area contributed by atoms with E-state index in [1.807, 2.05) is 11.4 Å². The average molecular weight is 478 g/mol. The monoisotopic (exact) mass is 477 g/mol. The Morgan fingerprint density at radius 2 is 2.07 bits per heavy atom. The first-order valence-corrected chi connectivity index (χ1v) is 9.91. The van der Waals surface area contributed by atoms with Crippen molar-refractivity contribution in [3.8, 4) is 10.7 Å². The summed E-state index contributed by atoms with van der Waals surface area (Å²) >= 11 is 4.77. The molecule has 1 saturated heterocycles. The second-order valence-electron chi connectivity index (χ2n) is 6.39. The molecule has 1 unspecified atom stereocenters. The van der Waals surface area contributed by atoms with Gasteiger partial charge in [0.25, 0.3) is 11.6 Å². The number of amides is 3. The molecule has 0 aliphatic carbocycles. The maximum Gasteiger partial charge on any atom is 0.325 e. The summed E-state index contributed by atoms with van der Waals surface area (Å²) in [4.78, 5) is 41.7. The zero-order valence-corrected chi connectivity index (χ0v) is 17.2. The van der Waals surface area contributed by atoms with E-state index in [0.29, 0.717) is 11.4 Å². The van der Waals surface area contributed by atoms with Crippen LogP contribution in [0.25, 0.3) is 10.7 Å². The van der Waals surface area contributed by atoms with Gasteiger partial charge in [-0.15, -0.1) is 11.3 Å². The van der Waals surface area contributed by atoms with Crippen LogP contribution in [0.4, 0.5) is 10.5 Å². The number of benzene rings is 1. The number of halogens is 1. The SMILES string of the molecule is CC1(c2ccc([N+](=O)[O-])cc2)NC(=O)N(Cc2nc(-c3cc(Br)cs3)no2)C1=O. The van der Waals surface area contributed by atoms with Crippen LogP contribution in [0, 0.1) is 10.1 Å². The fourth-order valence-electron chi connectivity index (χ4n) is 2.94. The predicted molar refractivity (Wildman–Crippen MR) is 105 cm³/mol. The van der Waals surface area contributed by atoms with Gasteiger partial charge >= 0.3 is 6.03 Å². The molecule has 4 rings (SSSR count). The van der Waals surface area contributed by atoms with E-state index < -0.39 is 22.4 Å². The van der Waals surface area contributed by atoms with E-state index in [1.54, 1.807) is 0 Å². The molecule has 3 amide bonds. The maximum atomic E-state index is 13.0. The van der Waals surface area contributed by atoms with Gasteiger partial charge in [-0.2, -0.15) is 4.98 Å². The molecule has 1 fully saturated rings. The molecular formula is C17H12BrN5O5S. The zero-order valence-electron chi connectivity index (χ0n) is 14.8. The Bertz CT molecular complexity index is 1130. The molecule has 29 heavy (non-hydrogen) atoms. The molecule has 0 saturated carbocycles. The van der Waals surface area contributed by atoms with Gasteiger partial charge in [0.2, 0.25) is 11.7 Å². The molecular weight excluding hydrogens is 466 g/mol. The molecule has 10 nitrogen and oxygen atoms in total. The van der Waals surface area contributed by atoms with E-state index in [2.05, 4.69) is 31.4 Å². The first kappa shape index (κ1) is 19.2. The summed E-state index contributed by atoms with van der Waals surface area (Å²) in [5.74, 6) is -0.0446. The van der Waals surface area contributed by atoms with Crippen LogP contribution >= 0.6 is 27.3 Å². The minimum atomic E-state index is -1.35. The van der Waals surface area contributed by atoms with Gasteiger partial charge in [-0.1, -0.05) is 5.16 Å². The lowest BCUT2D eigenvalue weighted by atomic mass is 9.92. The van der Waals surface area contributed by atoms with Crippen molar-refractivity contribution in [2.45, 2.75) is 19.0 Å². The zero-order chi connectivity index (χ0) is 20.8. The number of urea groups is 1. The number of nitrogens with one attached hydrogen (secondary N) is 1. The van der Waals surface area contributed by atoms with Crippen molar-refractivity contribution in [1.29, 1.82) is 0 Å². The summed E-state index contributed by atoms with van der Waals surface area (Å²) in [6.45, 7) is 1.35. The van der Waals surface area contributed by atoms with E-state index in [1.165, 1.54) is 42.5 Å². The summed E-state index contributed by atoms with van der Waals surface area (Å²) in [5.41, 5.74) is -1.03. The van der Waals surface area contributed by atoms with E-state index in [-0.39, 0.29) is 18.1 Å². The van der Waals surface area contributed by atoms with E-state index in [4.69, 9.17) is 4.52 Å². The van der Waals surface area contributed by atoms with Crippen LogP contribution in [0.3, 0.4) is 0 Å². The third-order valence-corrected chi connectivity index (χ3v) is 6.17. The van der Waals surface area contributed by atoms with Crippen molar-refractivity contribution >= 4 is 44.9 Å². The Hall–Kier alpha value is -3.12. The van der Waals surface area contributed by atoms with E-state index in [9.17, 15) is 19.7 Å². The predicted octanol–water partition coefficient (Wildman–Crippen LogP) is 3.44. The van der Waals surface area contributed by atoms with Crippen molar-refractivity contribution in [3.63, 3.8) is 0 Å². The lowest BCUT2D eigenvalue weighted by molar-refractivity contribution is -0.384. The van der Waals surface area contributed by atoms with Gasteiger partial charge in [0, 0.05) is 22.0 Å². The lowest BCUT2D eigenvalue weighted by Crippen LogP contribution is -2.40. The van der Waals surface area contributed by atoms with Crippen molar-refractivity contribution in [2.75, 3.05) is 0 Å². The minimum absolute atomic E-state index is 0.107. The Morgan fingerprint density at radius 1 is 1.34 bits per heavy atom. The fourth-order valence-corrected chi connectivity index (χ4v) is 4.29.